The predicted molar refractivity (Wildman–Crippen MR) is 50.8 cm³/mol. The van der Waals surface area contributed by atoms with Crippen molar-refractivity contribution in [2.24, 2.45) is 0 Å². The minimum Gasteiger partial charge on any atom is -0.261 e. The van der Waals surface area contributed by atoms with Crippen LogP contribution in [0, 0.1) is 6.92 Å². The first-order chi connectivity index (χ1) is 5.86. The Hall–Kier alpha value is -1.11. The zero-order valence-corrected chi connectivity index (χ0v) is 7.38. The number of hydrogen-bond acceptors (Lipinski definition) is 1. The van der Waals surface area contributed by atoms with Crippen molar-refractivity contribution in [2.45, 2.75) is 26.2 Å². The zero-order valence-electron chi connectivity index (χ0n) is 7.38. The molecule has 0 bridgehead atoms. The van der Waals surface area contributed by atoms with Gasteiger partial charge < -0.3 is 0 Å². The van der Waals surface area contributed by atoms with E-state index in [2.05, 4.69) is 23.2 Å². The lowest BCUT2D eigenvalue weighted by Gasteiger charge is -2.00. The molecule has 1 heterocycles. The number of aryl methyl sites for hydroxylation is 1. The van der Waals surface area contributed by atoms with E-state index in [1.54, 1.807) is 0 Å². The van der Waals surface area contributed by atoms with E-state index >= 15 is 0 Å². The van der Waals surface area contributed by atoms with E-state index in [0.29, 0.717) is 0 Å². The molecule has 0 spiro atoms. The third-order valence-electron chi connectivity index (χ3n) is 2.32. The van der Waals surface area contributed by atoms with Gasteiger partial charge in [-0.2, -0.15) is 0 Å². The summed E-state index contributed by atoms with van der Waals surface area (Å²) in [5.41, 5.74) is 3.87. The molecule has 1 nitrogen and oxygen atoms in total. The molecule has 0 fully saturated rings. The van der Waals surface area contributed by atoms with Crippen molar-refractivity contribution in [1.29, 1.82) is 0 Å². The topological polar surface area (TPSA) is 12.9 Å². The van der Waals surface area contributed by atoms with Gasteiger partial charge in [0.1, 0.15) is 0 Å². The van der Waals surface area contributed by atoms with Gasteiger partial charge in [0.05, 0.1) is 0 Å². The summed E-state index contributed by atoms with van der Waals surface area (Å²) in [5.74, 6) is 0. The Labute approximate surface area is 73.1 Å². The van der Waals surface area contributed by atoms with Crippen LogP contribution in [0.1, 0.15) is 30.5 Å². The quantitative estimate of drug-likeness (QED) is 0.614. The number of allylic oxidation sites excluding steroid dienone is 2. The van der Waals surface area contributed by atoms with Crippen LogP contribution >= 0.6 is 0 Å². The van der Waals surface area contributed by atoms with Crippen molar-refractivity contribution < 1.29 is 0 Å². The van der Waals surface area contributed by atoms with Gasteiger partial charge in [-0.1, -0.05) is 12.1 Å². The van der Waals surface area contributed by atoms with E-state index in [1.807, 2.05) is 13.1 Å². The minimum absolute atomic E-state index is 1.09. The molecule has 1 aromatic heterocycles. The average molecular weight is 159 g/mol. The van der Waals surface area contributed by atoms with Gasteiger partial charge in [-0.15, -0.1) is 0 Å². The maximum absolute atomic E-state index is 4.28. The van der Waals surface area contributed by atoms with Crippen LogP contribution in [0.4, 0.5) is 0 Å². The molecule has 1 aliphatic carbocycles. The summed E-state index contributed by atoms with van der Waals surface area (Å²) in [6.45, 7) is 2.02. The SMILES string of the molecule is Cc1ccc(C2=CCCC2)cn1. The summed E-state index contributed by atoms with van der Waals surface area (Å²) in [7, 11) is 0. The summed E-state index contributed by atoms with van der Waals surface area (Å²) >= 11 is 0. The molecule has 0 atom stereocenters. The van der Waals surface area contributed by atoms with Crippen LogP contribution in [0.3, 0.4) is 0 Å². The van der Waals surface area contributed by atoms with Gasteiger partial charge in [0.15, 0.2) is 0 Å². The second kappa shape index (κ2) is 3.10. The van der Waals surface area contributed by atoms with Gasteiger partial charge in [-0.25, -0.2) is 0 Å². The van der Waals surface area contributed by atoms with Gasteiger partial charge in [0.2, 0.25) is 0 Å². The van der Waals surface area contributed by atoms with Crippen molar-refractivity contribution in [1.82, 2.24) is 4.98 Å². The molecular weight excluding hydrogens is 146 g/mol. The fourth-order valence-corrected chi connectivity index (χ4v) is 1.59. The average Bonchev–Trinajstić information content (AvgIpc) is 2.58. The van der Waals surface area contributed by atoms with E-state index in [0.717, 1.165) is 5.69 Å². The van der Waals surface area contributed by atoms with E-state index in [-0.39, 0.29) is 0 Å². The van der Waals surface area contributed by atoms with Crippen LogP contribution in [0.15, 0.2) is 24.4 Å². The molecule has 0 radical (unpaired) electrons. The summed E-state index contributed by atoms with van der Waals surface area (Å²) in [5, 5.41) is 0. The van der Waals surface area contributed by atoms with Crippen molar-refractivity contribution >= 4 is 5.57 Å². The largest absolute Gasteiger partial charge is 0.261 e. The number of hydrogen-bond donors (Lipinski definition) is 0. The Morgan fingerprint density at radius 1 is 1.33 bits per heavy atom. The van der Waals surface area contributed by atoms with Crippen LogP contribution < -0.4 is 0 Å². The highest BCUT2D eigenvalue weighted by Gasteiger charge is 2.06. The van der Waals surface area contributed by atoms with E-state index < -0.39 is 0 Å². The molecule has 0 aromatic carbocycles. The molecule has 0 saturated heterocycles. The normalized spacial score (nSPS) is 16.2. The van der Waals surface area contributed by atoms with Gasteiger partial charge in [-0.3, -0.25) is 4.98 Å². The second-order valence-electron chi connectivity index (χ2n) is 3.31. The summed E-state index contributed by atoms with van der Waals surface area (Å²) < 4.78 is 0. The smallest absolute Gasteiger partial charge is 0.0373 e. The Balaban J connectivity index is 2.28. The molecule has 0 N–H and O–H groups in total. The maximum Gasteiger partial charge on any atom is 0.0373 e. The van der Waals surface area contributed by atoms with Crippen LogP contribution in [0.5, 0.6) is 0 Å². The van der Waals surface area contributed by atoms with Gasteiger partial charge >= 0.3 is 0 Å². The van der Waals surface area contributed by atoms with Gasteiger partial charge in [0.25, 0.3) is 0 Å². The monoisotopic (exact) mass is 159 g/mol. The highest BCUT2D eigenvalue weighted by Crippen LogP contribution is 2.26. The summed E-state index contributed by atoms with van der Waals surface area (Å²) in [6.07, 6.45) is 8.08. The molecule has 1 aromatic rings. The van der Waals surface area contributed by atoms with E-state index in [4.69, 9.17) is 0 Å². The Morgan fingerprint density at radius 3 is 2.83 bits per heavy atom. The molecule has 0 unspecified atom stereocenters. The molecule has 0 aliphatic heterocycles. The van der Waals surface area contributed by atoms with Crippen LogP contribution in [-0.2, 0) is 0 Å². The standard InChI is InChI=1S/C11H13N/c1-9-6-7-11(8-12-9)10-4-2-3-5-10/h4,6-8H,2-3,5H2,1H3. The zero-order chi connectivity index (χ0) is 8.39. The molecule has 0 amide bonds. The third-order valence-corrected chi connectivity index (χ3v) is 2.32. The Bertz CT molecular complexity index is 295. The maximum atomic E-state index is 4.28. The first kappa shape index (κ1) is 7.53. The number of aromatic nitrogens is 1. The van der Waals surface area contributed by atoms with E-state index in [1.165, 1.54) is 30.4 Å². The molecule has 2 rings (SSSR count). The predicted octanol–water partition coefficient (Wildman–Crippen LogP) is 2.96. The molecule has 62 valence electrons. The van der Waals surface area contributed by atoms with Crippen molar-refractivity contribution in [3.8, 4) is 0 Å². The molecule has 1 aliphatic rings. The molecule has 12 heavy (non-hydrogen) atoms. The highest BCUT2D eigenvalue weighted by molar-refractivity contribution is 5.66. The minimum atomic E-state index is 1.09. The summed E-state index contributed by atoms with van der Waals surface area (Å²) in [4.78, 5) is 4.28. The lowest BCUT2D eigenvalue weighted by atomic mass is 10.1. The molecule has 0 saturated carbocycles. The number of nitrogens with zero attached hydrogens (tertiary/aromatic N) is 1. The fourth-order valence-electron chi connectivity index (χ4n) is 1.59. The van der Waals surface area contributed by atoms with Gasteiger partial charge in [0, 0.05) is 11.9 Å². The second-order valence-corrected chi connectivity index (χ2v) is 3.31. The fraction of sp³-hybridized carbons (Fsp3) is 0.364. The van der Waals surface area contributed by atoms with Crippen LogP contribution in [-0.4, -0.2) is 4.98 Å². The third kappa shape index (κ3) is 1.40. The lowest BCUT2D eigenvalue weighted by molar-refractivity contribution is 0.934. The highest BCUT2D eigenvalue weighted by atomic mass is 14.7. The van der Waals surface area contributed by atoms with Crippen LogP contribution in [0.25, 0.3) is 5.57 Å². The van der Waals surface area contributed by atoms with Crippen molar-refractivity contribution in [2.75, 3.05) is 0 Å². The summed E-state index contributed by atoms with van der Waals surface area (Å²) in [6, 6.07) is 4.24. The number of rotatable bonds is 1. The lowest BCUT2D eigenvalue weighted by Crippen LogP contribution is -1.84. The first-order valence-corrected chi connectivity index (χ1v) is 4.48. The van der Waals surface area contributed by atoms with Gasteiger partial charge in [-0.05, 0) is 43.4 Å². The van der Waals surface area contributed by atoms with Crippen molar-refractivity contribution in [3.05, 3.63) is 35.7 Å². The van der Waals surface area contributed by atoms with Crippen LogP contribution in [0.2, 0.25) is 0 Å². The molecule has 1 heteroatoms. The van der Waals surface area contributed by atoms with Crippen molar-refractivity contribution in [3.63, 3.8) is 0 Å². The Kier molecular flexibility index (Phi) is 1.94. The number of pyridine rings is 1. The Morgan fingerprint density at radius 2 is 2.25 bits per heavy atom. The first-order valence-electron chi connectivity index (χ1n) is 4.48. The van der Waals surface area contributed by atoms with E-state index in [9.17, 15) is 0 Å². The molecular formula is C11H13N.